The molecule has 2 aromatic rings. The maximum atomic E-state index is 13.2. The molecular formula is C15H15BrFNO2. The molecule has 5 heteroatoms. The van der Waals surface area contributed by atoms with E-state index in [1.807, 2.05) is 31.5 Å². The molecule has 0 atom stereocenters. The summed E-state index contributed by atoms with van der Waals surface area (Å²) in [4.78, 5) is 12.1. The first-order valence-electron chi connectivity index (χ1n) is 6.13. The largest absolute Gasteiger partial charge is 0.485 e. The van der Waals surface area contributed by atoms with Crippen LogP contribution in [0.2, 0.25) is 0 Å². The lowest BCUT2D eigenvalue weighted by atomic mass is 10.1. The highest BCUT2D eigenvalue weighted by molar-refractivity contribution is 9.10. The number of hydrogen-bond acceptors (Lipinski definition) is 2. The van der Waals surface area contributed by atoms with E-state index in [1.165, 1.54) is 12.1 Å². The van der Waals surface area contributed by atoms with Gasteiger partial charge in [-0.3, -0.25) is 4.79 Å². The predicted octanol–water partition coefficient (Wildman–Crippen LogP) is 3.81. The van der Waals surface area contributed by atoms with Gasteiger partial charge < -0.3 is 9.30 Å². The molecule has 3 nitrogen and oxygen atoms in total. The zero-order valence-electron chi connectivity index (χ0n) is 11.5. The lowest BCUT2D eigenvalue weighted by Gasteiger charge is -2.06. The number of halogens is 2. The lowest BCUT2D eigenvalue weighted by Crippen LogP contribution is -2.12. The number of aromatic nitrogens is 1. The van der Waals surface area contributed by atoms with Crippen molar-refractivity contribution in [3.05, 3.63) is 51.5 Å². The molecule has 106 valence electrons. The summed E-state index contributed by atoms with van der Waals surface area (Å²) in [6, 6.07) is 6.04. The second-order valence-corrected chi connectivity index (χ2v) is 5.58. The number of aryl methyl sites for hydroxylation is 1. The van der Waals surface area contributed by atoms with Gasteiger partial charge in [0, 0.05) is 34.5 Å². The molecule has 2 rings (SSSR count). The van der Waals surface area contributed by atoms with Gasteiger partial charge >= 0.3 is 0 Å². The number of carbonyl (C=O) groups is 1. The van der Waals surface area contributed by atoms with E-state index in [-0.39, 0.29) is 12.4 Å². The molecule has 1 heterocycles. The number of hydrogen-bond donors (Lipinski definition) is 0. The Morgan fingerprint density at radius 1 is 1.30 bits per heavy atom. The van der Waals surface area contributed by atoms with Crippen molar-refractivity contribution in [2.45, 2.75) is 13.8 Å². The van der Waals surface area contributed by atoms with Crippen molar-refractivity contribution in [1.82, 2.24) is 4.57 Å². The highest BCUT2D eigenvalue weighted by atomic mass is 79.9. The van der Waals surface area contributed by atoms with Crippen molar-refractivity contribution < 1.29 is 13.9 Å². The summed E-state index contributed by atoms with van der Waals surface area (Å²) in [5.41, 5.74) is 2.55. The molecular weight excluding hydrogens is 325 g/mol. The Hall–Kier alpha value is -1.62. The number of nitrogens with zero attached hydrogens (tertiary/aromatic N) is 1. The maximum Gasteiger partial charge on any atom is 0.202 e. The van der Waals surface area contributed by atoms with Gasteiger partial charge in [-0.1, -0.05) is 15.9 Å². The zero-order chi connectivity index (χ0) is 14.9. The standard InChI is InChI=1S/C15H15BrFNO2/c1-9-4-14(10(2)18(9)3)15(19)8-20-13-6-11(16)5-12(17)7-13/h4-7H,8H2,1-3H3. The lowest BCUT2D eigenvalue weighted by molar-refractivity contribution is 0.0920. The van der Waals surface area contributed by atoms with Crippen LogP contribution < -0.4 is 4.74 Å². The van der Waals surface area contributed by atoms with Crippen molar-refractivity contribution in [2.75, 3.05) is 6.61 Å². The van der Waals surface area contributed by atoms with Gasteiger partial charge in [0.05, 0.1) is 0 Å². The summed E-state index contributed by atoms with van der Waals surface area (Å²) in [5, 5.41) is 0. The van der Waals surface area contributed by atoms with E-state index in [0.717, 1.165) is 11.4 Å². The average molecular weight is 340 g/mol. The van der Waals surface area contributed by atoms with Crippen LogP contribution in [0.1, 0.15) is 21.7 Å². The van der Waals surface area contributed by atoms with Crippen molar-refractivity contribution in [2.24, 2.45) is 7.05 Å². The number of ketones is 1. The monoisotopic (exact) mass is 339 g/mol. The van der Waals surface area contributed by atoms with E-state index in [0.29, 0.717) is 15.8 Å². The van der Waals surface area contributed by atoms with Gasteiger partial charge in [0.1, 0.15) is 11.6 Å². The fraction of sp³-hybridized carbons (Fsp3) is 0.267. The van der Waals surface area contributed by atoms with Crippen LogP contribution in [-0.2, 0) is 7.05 Å². The van der Waals surface area contributed by atoms with E-state index in [9.17, 15) is 9.18 Å². The number of carbonyl (C=O) groups excluding carboxylic acids is 1. The quantitative estimate of drug-likeness (QED) is 0.793. The van der Waals surface area contributed by atoms with Crippen molar-refractivity contribution in [3.63, 3.8) is 0 Å². The molecule has 0 saturated heterocycles. The van der Waals surface area contributed by atoms with Gasteiger partial charge in [-0.05, 0) is 32.0 Å². The van der Waals surface area contributed by atoms with Gasteiger partial charge in [0.15, 0.2) is 6.61 Å². The molecule has 0 N–H and O–H groups in total. The van der Waals surface area contributed by atoms with E-state index < -0.39 is 5.82 Å². The SMILES string of the molecule is Cc1cc(C(=O)COc2cc(F)cc(Br)c2)c(C)n1C. The Balaban J connectivity index is 2.10. The van der Waals surface area contributed by atoms with Crippen LogP contribution in [0.5, 0.6) is 5.75 Å². The van der Waals surface area contributed by atoms with Crippen LogP contribution in [0.15, 0.2) is 28.7 Å². The van der Waals surface area contributed by atoms with E-state index in [1.54, 1.807) is 6.07 Å². The topological polar surface area (TPSA) is 31.2 Å². The van der Waals surface area contributed by atoms with Crippen LogP contribution in [0.4, 0.5) is 4.39 Å². The second-order valence-electron chi connectivity index (χ2n) is 4.66. The van der Waals surface area contributed by atoms with Crippen molar-refractivity contribution in [1.29, 1.82) is 0 Å². The molecule has 0 spiro atoms. The Morgan fingerprint density at radius 3 is 2.55 bits per heavy atom. The van der Waals surface area contributed by atoms with Gasteiger partial charge in [0.25, 0.3) is 0 Å². The number of ether oxygens (including phenoxy) is 1. The summed E-state index contributed by atoms with van der Waals surface area (Å²) in [7, 11) is 1.91. The highest BCUT2D eigenvalue weighted by Gasteiger charge is 2.14. The smallest absolute Gasteiger partial charge is 0.202 e. The van der Waals surface area contributed by atoms with Gasteiger partial charge in [0.2, 0.25) is 5.78 Å². The fourth-order valence-electron chi connectivity index (χ4n) is 1.98. The summed E-state index contributed by atoms with van der Waals surface area (Å²) in [6.07, 6.45) is 0. The van der Waals surface area contributed by atoms with Crippen LogP contribution in [-0.4, -0.2) is 17.0 Å². The van der Waals surface area contributed by atoms with Crippen LogP contribution in [0.3, 0.4) is 0 Å². The second kappa shape index (κ2) is 5.79. The molecule has 1 aromatic heterocycles. The Kier molecular flexibility index (Phi) is 4.28. The first-order valence-corrected chi connectivity index (χ1v) is 6.93. The molecule has 1 aromatic carbocycles. The molecule has 0 unspecified atom stereocenters. The average Bonchev–Trinajstić information content (AvgIpc) is 2.63. The first kappa shape index (κ1) is 14.8. The van der Waals surface area contributed by atoms with Crippen LogP contribution in [0.25, 0.3) is 0 Å². The number of rotatable bonds is 4. The molecule has 0 bridgehead atoms. The summed E-state index contributed by atoms with van der Waals surface area (Å²) < 4.78 is 21.1. The molecule has 0 fully saturated rings. The molecule has 0 saturated carbocycles. The third-order valence-corrected chi connectivity index (χ3v) is 3.74. The molecule has 0 radical (unpaired) electrons. The van der Waals surface area contributed by atoms with Crippen LogP contribution >= 0.6 is 15.9 Å². The fourth-order valence-corrected chi connectivity index (χ4v) is 2.42. The van der Waals surface area contributed by atoms with Gasteiger partial charge in [-0.15, -0.1) is 0 Å². The molecule has 20 heavy (non-hydrogen) atoms. The predicted molar refractivity (Wildman–Crippen MR) is 78.8 cm³/mol. The first-order chi connectivity index (χ1) is 9.38. The van der Waals surface area contributed by atoms with Gasteiger partial charge in [-0.2, -0.15) is 0 Å². The minimum Gasteiger partial charge on any atom is -0.485 e. The van der Waals surface area contributed by atoms with E-state index in [4.69, 9.17) is 4.74 Å². The molecule has 0 aliphatic carbocycles. The normalized spacial score (nSPS) is 10.7. The minimum atomic E-state index is -0.409. The van der Waals surface area contributed by atoms with Crippen molar-refractivity contribution >= 4 is 21.7 Å². The van der Waals surface area contributed by atoms with Crippen LogP contribution in [0, 0.1) is 19.7 Å². The number of benzene rings is 1. The van der Waals surface area contributed by atoms with Gasteiger partial charge in [-0.25, -0.2) is 4.39 Å². The Bertz CT molecular complexity index is 644. The summed E-state index contributed by atoms with van der Waals surface area (Å²) in [6.45, 7) is 3.72. The van der Waals surface area contributed by atoms with E-state index >= 15 is 0 Å². The molecule has 0 aliphatic rings. The van der Waals surface area contributed by atoms with E-state index in [2.05, 4.69) is 15.9 Å². The third-order valence-electron chi connectivity index (χ3n) is 3.28. The van der Waals surface area contributed by atoms with Crippen molar-refractivity contribution in [3.8, 4) is 5.75 Å². The molecule has 0 aliphatic heterocycles. The third kappa shape index (κ3) is 3.10. The minimum absolute atomic E-state index is 0.111. The molecule has 0 amide bonds. The Labute approximate surface area is 125 Å². The zero-order valence-corrected chi connectivity index (χ0v) is 13.1. The summed E-state index contributed by atoms with van der Waals surface area (Å²) >= 11 is 3.18. The maximum absolute atomic E-state index is 13.2. The highest BCUT2D eigenvalue weighted by Crippen LogP contribution is 2.21. The number of Topliss-reactive ketones (excluding diaryl/α,β-unsaturated/α-hetero) is 1. The summed E-state index contributed by atoms with van der Waals surface area (Å²) in [5.74, 6) is -0.198. The Morgan fingerprint density at radius 2 is 2.00 bits per heavy atom.